The number of nitrogens with one attached hydrogen (secondary N) is 1. The van der Waals surface area contributed by atoms with Crippen LogP contribution in [-0.2, 0) is 9.59 Å². The minimum atomic E-state index is -0.387. The van der Waals surface area contributed by atoms with E-state index in [2.05, 4.69) is 17.2 Å². The van der Waals surface area contributed by atoms with E-state index < -0.39 is 0 Å². The molecule has 1 aromatic carbocycles. The van der Waals surface area contributed by atoms with Gasteiger partial charge in [0, 0.05) is 17.5 Å². The number of aliphatic imine (C=N–C) groups is 1. The Kier molecular flexibility index (Phi) is 8.38. The number of thioether (sulfide) groups is 1. The van der Waals surface area contributed by atoms with Crippen molar-refractivity contribution in [3.05, 3.63) is 33.7 Å². The van der Waals surface area contributed by atoms with Crippen molar-refractivity contribution < 1.29 is 14.3 Å². The van der Waals surface area contributed by atoms with Crippen LogP contribution in [0.3, 0.4) is 0 Å². The van der Waals surface area contributed by atoms with Crippen LogP contribution >= 0.6 is 23.4 Å². The molecule has 2 amide bonds. The number of amides is 2. The number of benzene rings is 1. The fraction of sp³-hybridized carbons (Fsp3) is 0.450. The first-order valence-corrected chi connectivity index (χ1v) is 10.3. The van der Waals surface area contributed by atoms with Crippen molar-refractivity contribution in [3.63, 3.8) is 0 Å². The van der Waals surface area contributed by atoms with E-state index in [9.17, 15) is 9.59 Å². The van der Waals surface area contributed by atoms with E-state index >= 15 is 0 Å². The van der Waals surface area contributed by atoms with E-state index in [0.717, 1.165) is 30.2 Å². The summed E-state index contributed by atoms with van der Waals surface area (Å²) >= 11 is 7.25. The van der Waals surface area contributed by atoms with Crippen molar-refractivity contribution in [1.29, 1.82) is 0 Å². The second-order valence-electron chi connectivity index (χ2n) is 6.47. The number of amidine groups is 1. The molecule has 0 aromatic heterocycles. The SMILES string of the molecule is CCCCCCC(C)Oc1ccc(Cl)cc1C=C1SC(NC(C)=O)=NC1=O. The van der Waals surface area contributed by atoms with Crippen LogP contribution in [0.5, 0.6) is 5.75 Å². The first-order chi connectivity index (χ1) is 12.9. The Labute approximate surface area is 169 Å². The number of ether oxygens (including phenoxy) is 1. The highest BCUT2D eigenvalue weighted by atomic mass is 35.5. The van der Waals surface area contributed by atoms with E-state index in [1.807, 2.05) is 13.0 Å². The zero-order valence-corrected chi connectivity index (χ0v) is 17.5. The lowest BCUT2D eigenvalue weighted by Gasteiger charge is -2.17. The lowest BCUT2D eigenvalue weighted by Crippen LogP contribution is -2.23. The van der Waals surface area contributed by atoms with Gasteiger partial charge in [0.1, 0.15) is 5.75 Å². The van der Waals surface area contributed by atoms with Crippen molar-refractivity contribution in [1.82, 2.24) is 5.32 Å². The lowest BCUT2D eigenvalue weighted by molar-refractivity contribution is -0.117. The molecule has 7 heteroatoms. The normalized spacial score (nSPS) is 16.4. The molecule has 1 aromatic rings. The van der Waals surface area contributed by atoms with Gasteiger partial charge in [0.15, 0.2) is 5.17 Å². The second kappa shape index (κ2) is 10.5. The zero-order valence-electron chi connectivity index (χ0n) is 15.9. The van der Waals surface area contributed by atoms with E-state index in [1.165, 1.54) is 26.2 Å². The number of hydrogen-bond acceptors (Lipinski definition) is 4. The Morgan fingerprint density at radius 2 is 2.15 bits per heavy atom. The van der Waals surface area contributed by atoms with Crippen LogP contribution in [0.15, 0.2) is 28.1 Å². The Morgan fingerprint density at radius 3 is 2.85 bits per heavy atom. The number of halogens is 1. The molecule has 1 aliphatic rings. The number of hydrogen-bond donors (Lipinski definition) is 1. The summed E-state index contributed by atoms with van der Waals surface area (Å²) < 4.78 is 6.09. The van der Waals surface area contributed by atoms with Gasteiger partial charge in [0.2, 0.25) is 5.91 Å². The van der Waals surface area contributed by atoms with Gasteiger partial charge in [-0.2, -0.15) is 4.99 Å². The molecule has 0 bridgehead atoms. The number of unbranched alkanes of at least 4 members (excludes halogenated alkanes) is 3. The van der Waals surface area contributed by atoms with Crippen LogP contribution in [0.4, 0.5) is 0 Å². The predicted octanol–water partition coefficient (Wildman–Crippen LogP) is 5.18. The Bertz CT molecular complexity index is 762. The molecular formula is C20H25ClN2O3S. The summed E-state index contributed by atoms with van der Waals surface area (Å²) in [7, 11) is 0. The smallest absolute Gasteiger partial charge is 0.286 e. The first kappa shape index (κ1) is 21.5. The molecule has 0 saturated carbocycles. The summed E-state index contributed by atoms with van der Waals surface area (Å²) in [6, 6.07) is 5.35. The minimum Gasteiger partial charge on any atom is -0.490 e. The summed E-state index contributed by atoms with van der Waals surface area (Å²) in [6.45, 7) is 5.61. The highest BCUT2D eigenvalue weighted by molar-refractivity contribution is 8.18. The van der Waals surface area contributed by atoms with Crippen molar-refractivity contribution >= 4 is 46.4 Å². The number of rotatable bonds is 8. The monoisotopic (exact) mass is 408 g/mol. The first-order valence-electron chi connectivity index (χ1n) is 9.15. The molecule has 1 aliphatic heterocycles. The number of carbonyl (C=O) groups excluding carboxylic acids is 2. The van der Waals surface area contributed by atoms with E-state index in [0.29, 0.717) is 15.7 Å². The third-order valence-corrected chi connectivity index (χ3v) is 5.09. The summed E-state index contributed by atoms with van der Waals surface area (Å²) in [5.41, 5.74) is 0.720. The van der Waals surface area contributed by atoms with Crippen molar-refractivity contribution in [2.75, 3.05) is 0 Å². The van der Waals surface area contributed by atoms with Crippen molar-refractivity contribution in [3.8, 4) is 5.75 Å². The minimum absolute atomic E-state index is 0.0679. The predicted molar refractivity (Wildman–Crippen MR) is 112 cm³/mol. The van der Waals surface area contributed by atoms with Gasteiger partial charge in [-0.05, 0) is 55.8 Å². The highest BCUT2D eigenvalue weighted by Crippen LogP contribution is 2.32. The Hall–Kier alpha value is -1.79. The van der Waals surface area contributed by atoms with Crippen LogP contribution in [0.1, 0.15) is 58.4 Å². The molecule has 1 atom stereocenters. The molecule has 0 fully saturated rings. The van der Waals surface area contributed by atoms with Crippen LogP contribution in [0, 0.1) is 0 Å². The van der Waals surface area contributed by atoms with Gasteiger partial charge >= 0.3 is 0 Å². The second-order valence-corrected chi connectivity index (χ2v) is 7.94. The standard InChI is InChI=1S/C20H25ClN2O3S/c1-4-5-6-7-8-13(2)26-17-10-9-16(21)11-15(17)12-18-19(25)23-20(27-18)22-14(3)24/h9-13H,4-8H2,1-3H3,(H,22,23,24,25). The molecular weight excluding hydrogens is 384 g/mol. The average molecular weight is 409 g/mol. The van der Waals surface area contributed by atoms with Crippen molar-refractivity contribution in [2.24, 2.45) is 4.99 Å². The van der Waals surface area contributed by atoms with Gasteiger partial charge in [-0.15, -0.1) is 0 Å². The quantitative estimate of drug-likeness (QED) is 0.475. The fourth-order valence-electron chi connectivity index (χ4n) is 2.63. The number of nitrogens with zero attached hydrogens (tertiary/aromatic N) is 1. The van der Waals surface area contributed by atoms with Gasteiger partial charge in [-0.3, -0.25) is 9.59 Å². The molecule has 1 N–H and O–H groups in total. The van der Waals surface area contributed by atoms with Crippen LogP contribution < -0.4 is 10.1 Å². The maximum absolute atomic E-state index is 12.1. The molecule has 27 heavy (non-hydrogen) atoms. The molecule has 0 saturated heterocycles. The molecule has 0 aliphatic carbocycles. The fourth-order valence-corrected chi connectivity index (χ4v) is 3.66. The van der Waals surface area contributed by atoms with Crippen LogP contribution in [0.2, 0.25) is 5.02 Å². The molecule has 5 nitrogen and oxygen atoms in total. The van der Waals surface area contributed by atoms with Crippen molar-refractivity contribution in [2.45, 2.75) is 59.0 Å². The molecule has 1 unspecified atom stereocenters. The average Bonchev–Trinajstić information content (AvgIpc) is 2.92. The molecule has 2 rings (SSSR count). The summed E-state index contributed by atoms with van der Waals surface area (Å²) in [4.78, 5) is 27.5. The molecule has 0 spiro atoms. The lowest BCUT2D eigenvalue weighted by atomic mass is 10.1. The third-order valence-electron chi connectivity index (χ3n) is 3.95. The van der Waals surface area contributed by atoms with E-state index in [4.69, 9.17) is 16.3 Å². The largest absolute Gasteiger partial charge is 0.490 e. The van der Waals surface area contributed by atoms with Gasteiger partial charge in [0.05, 0.1) is 11.0 Å². The zero-order chi connectivity index (χ0) is 19.8. The topological polar surface area (TPSA) is 67.8 Å². The summed E-state index contributed by atoms with van der Waals surface area (Å²) in [5.74, 6) is 0.0255. The molecule has 0 radical (unpaired) electrons. The molecule has 146 valence electrons. The van der Waals surface area contributed by atoms with Gasteiger partial charge in [-0.1, -0.05) is 37.8 Å². The van der Waals surface area contributed by atoms with E-state index in [-0.39, 0.29) is 23.1 Å². The number of carbonyl (C=O) groups is 2. The van der Waals surface area contributed by atoms with Gasteiger partial charge in [0.25, 0.3) is 5.91 Å². The van der Waals surface area contributed by atoms with Gasteiger partial charge in [-0.25, -0.2) is 0 Å². The Morgan fingerprint density at radius 1 is 1.37 bits per heavy atom. The maximum Gasteiger partial charge on any atom is 0.286 e. The van der Waals surface area contributed by atoms with Gasteiger partial charge < -0.3 is 10.1 Å². The van der Waals surface area contributed by atoms with E-state index in [1.54, 1.807) is 18.2 Å². The Balaban J connectivity index is 2.10. The van der Waals surface area contributed by atoms with Crippen LogP contribution in [0.25, 0.3) is 6.08 Å². The highest BCUT2D eigenvalue weighted by Gasteiger charge is 2.23. The van der Waals surface area contributed by atoms with Crippen LogP contribution in [-0.4, -0.2) is 23.1 Å². The maximum atomic E-state index is 12.1. The summed E-state index contributed by atoms with van der Waals surface area (Å²) in [6.07, 6.45) is 7.52. The third kappa shape index (κ3) is 7.03. The molecule has 1 heterocycles. The summed E-state index contributed by atoms with van der Waals surface area (Å²) in [5, 5.41) is 3.38.